The molecule has 0 radical (unpaired) electrons. The summed E-state index contributed by atoms with van der Waals surface area (Å²) in [5.74, 6) is -0.370. The van der Waals surface area contributed by atoms with E-state index in [1.54, 1.807) is 18.3 Å². The summed E-state index contributed by atoms with van der Waals surface area (Å²) in [6, 6.07) is 14.5. The molecule has 3 rings (SSSR count). The number of benzene rings is 2. The summed E-state index contributed by atoms with van der Waals surface area (Å²) in [4.78, 5) is 12.1. The van der Waals surface area contributed by atoms with Crippen molar-refractivity contribution in [2.24, 2.45) is 5.10 Å². The fraction of sp³-hybridized carbons (Fsp3) is 0.105. The number of hydrogen-bond acceptors (Lipinski definition) is 3. The Hall–Kier alpha value is -2.63. The lowest BCUT2D eigenvalue weighted by atomic mass is 10.2. The van der Waals surface area contributed by atoms with E-state index >= 15 is 0 Å². The predicted molar refractivity (Wildman–Crippen MR) is 105 cm³/mol. The number of rotatable bonds is 4. The number of carbonyl (C=O) groups is 1. The van der Waals surface area contributed by atoms with Gasteiger partial charge in [0.25, 0.3) is 5.91 Å². The van der Waals surface area contributed by atoms with Crippen molar-refractivity contribution in [1.29, 1.82) is 0 Å². The summed E-state index contributed by atoms with van der Waals surface area (Å²) in [5, 5.41) is 9.30. The van der Waals surface area contributed by atoms with Crippen LogP contribution in [0, 0.1) is 13.8 Å². The van der Waals surface area contributed by atoms with Gasteiger partial charge in [0, 0.05) is 11.1 Å². The minimum atomic E-state index is -0.370. The average Bonchev–Trinajstić information content (AvgIpc) is 2.92. The summed E-state index contributed by atoms with van der Waals surface area (Å²) < 4.78 is 1.84. The van der Waals surface area contributed by atoms with Crippen LogP contribution in [-0.4, -0.2) is 21.9 Å². The average molecular weight is 387 g/mol. The fourth-order valence-electron chi connectivity index (χ4n) is 2.52. The molecular weight excluding hydrogens is 371 g/mol. The predicted octanol–water partition coefficient (Wildman–Crippen LogP) is 4.56. The molecule has 3 aromatic rings. The van der Waals surface area contributed by atoms with Crippen LogP contribution in [0.3, 0.4) is 0 Å². The zero-order chi connectivity index (χ0) is 18.7. The van der Waals surface area contributed by atoms with Crippen molar-refractivity contribution >= 4 is 35.3 Å². The van der Waals surface area contributed by atoms with Gasteiger partial charge in [-0.05, 0) is 44.2 Å². The molecule has 0 unspecified atom stereocenters. The van der Waals surface area contributed by atoms with Crippen molar-refractivity contribution < 1.29 is 4.79 Å². The number of para-hydroxylation sites is 1. The Morgan fingerprint density at radius 3 is 2.54 bits per heavy atom. The van der Waals surface area contributed by atoms with Crippen LogP contribution in [-0.2, 0) is 0 Å². The largest absolute Gasteiger partial charge is 0.271 e. The molecule has 0 aliphatic heterocycles. The minimum Gasteiger partial charge on any atom is -0.267 e. The van der Waals surface area contributed by atoms with Crippen molar-refractivity contribution in [1.82, 2.24) is 15.2 Å². The monoisotopic (exact) mass is 386 g/mol. The summed E-state index contributed by atoms with van der Waals surface area (Å²) in [7, 11) is 0. The van der Waals surface area contributed by atoms with Gasteiger partial charge in [0.05, 0.1) is 33.3 Å². The first-order chi connectivity index (χ1) is 12.5. The van der Waals surface area contributed by atoms with E-state index in [-0.39, 0.29) is 5.91 Å². The van der Waals surface area contributed by atoms with Crippen LogP contribution in [0.1, 0.15) is 27.3 Å². The van der Waals surface area contributed by atoms with Gasteiger partial charge in [0.2, 0.25) is 0 Å². The first-order valence-electron chi connectivity index (χ1n) is 7.87. The lowest BCUT2D eigenvalue weighted by molar-refractivity contribution is 0.0955. The van der Waals surface area contributed by atoms with Crippen molar-refractivity contribution in [2.75, 3.05) is 0 Å². The number of nitrogens with one attached hydrogen (secondary N) is 1. The highest BCUT2D eigenvalue weighted by Gasteiger charge is 2.11. The van der Waals surface area contributed by atoms with Crippen LogP contribution >= 0.6 is 23.2 Å². The number of amides is 1. The number of carbonyl (C=O) groups excluding carboxylic acids is 1. The maximum atomic E-state index is 12.1. The molecule has 0 aliphatic rings. The van der Waals surface area contributed by atoms with Gasteiger partial charge in [-0.15, -0.1) is 0 Å². The Kier molecular flexibility index (Phi) is 5.40. The van der Waals surface area contributed by atoms with E-state index in [0.717, 1.165) is 22.6 Å². The molecule has 1 aromatic heterocycles. The summed E-state index contributed by atoms with van der Waals surface area (Å²) in [6.45, 7) is 3.85. The number of hydrazone groups is 1. The van der Waals surface area contributed by atoms with Crippen LogP contribution in [0.2, 0.25) is 10.0 Å². The van der Waals surface area contributed by atoms with Crippen LogP contribution in [0.25, 0.3) is 5.69 Å². The van der Waals surface area contributed by atoms with Gasteiger partial charge in [-0.3, -0.25) is 4.79 Å². The Bertz CT molecular complexity index is 981. The van der Waals surface area contributed by atoms with Crippen molar-refractivity contribution in [2.45, 2.75) is 13.8 Å². The molecule has 0 spiro atoms. The van der Waals surface area contributed by atoms with Crippen molar-refractivity contribution in [3.63, 3.8) is 0 Å². The third-order valence-corrected chi connectivity index (χ3v) is 4.63. The van der Waals surface area contributed by atoms with E-state index in [9.17, 15) is 4.79 Å². The molecular formula is C19H16Cl2N4O. The molecule has 5 nitrogen and oxygen atoms in total. The number of nitrogens with zero attached hydrogens (tertiary/aromatic N) is 3. The Labute approximate surface area is 161 Å². The lowest BCUT2D eigenvalue weighted by Gasteiger charge is -2.04. The summed E-state index contributed by atoms with van der Waals surface area (Å²) >= 11 is 11.8. The minimum absolute atomic E-state index is 0.319. The topological polar surface area (TPSA) is 59.3 Å². The maximum Gasteiger partial charge on any atom is 0.271 e. The number of aromatic nitrogens is 2. The van der Waals surface area contributed by atoms with Gasteiger partial charge >= 0.3 is 0 Å². The fourth-order valence-corrected chi connectivity index (χ4v) is 2.82. The van der Waals surface area contributed by atoms with Crippen molar-refractivity contribution in [3.05, 3.63) is 81.1 Å². The molecule has 26 heavy (non-hydrogen) atoms. The third-order valence-electron chi connectivity index (χ3n) is 3.89. The quantitative estimate of drug-likeness (QED) is 0.527. The number of halogens is 2. The van der Waals surface area contributed by atoms with E-state index < -0.39 is 0 Å². The van der Waals surface area contributed by atoms with Gasteiger partial charge in [0.15, 0.2) is 0 Å². The Morgan fingerprint density at radius 2 is 1.85 bits per heavy atom. The first-order valence-corrected chi connectivity index (χ1v) is 8.63. The molecule has 0 fully saturated rings. The highest BCUT2D eigenvalue weighted by atomic mass is 35.5. The number of hydrogen-bond donors (Lipinski definition) is 1. The second-order valence-corrected chi connectivity index (χ2v) is 6.47. The highest BCUT2D eigenvalue weighted by Crippen LogP contribution is 2.22. The molecule has 1 heterocycles. The maximum absolute atomic E-state index is 12.1. The molecule has 0 saturated carbocycles. The molecule has 2 aromatic carbocycles. The molecule has 0 saturated heterocycles. The zero-order valence-electron chi connectivity index (χ0n) is 14.2. The van der Waals surface area contributed by atoms with E-state index in [0.29, 0.717) is 15.6 Å². The van der Waals surface area contributed by atoms with E-state index in [2.05, 4.69) is 15.6 Å². The summed E-state index contributed by atoms with van der Waals surface area (Å²) in [6.07, 6.45) is 1.59. The molecule has 132 valence electrons. The van der Waals surface area contributed by atoms with Crippen LogP contribution in [0.4, 0.5) is 0 Å². The zero-order valence-corrected chi connectivity index (χ0v) is 15.7. The van der Waals surface area contributed by atoms with Gasteiger partial charge in [-0.25, -0.2) is 10.1 Å². The van der Waals surface area contributed by atoms with Crippen LogP contribution in [0.5, 0.6) is 0 Å². The normalized spacial score (nSPS) is 11.1. The SMILES string of the molecule is Cc1nn(-c2ccccc2)c(C)c1/C=N/NC(=O)c1ccc(Cl)c(Cl)c1. The van der Waals surface area contributed by atoms with Crippen molar-refractivity contribution in [3.8, 4) is 5.69 Å². The van der Waals surface area contributed by atoms with Gasteiger partial charge in [-0.1, -0.05) is 41.4 Å². The van der Waals surface area contributed by atoms with E-state index in [1.165, 1.54) is 6.07 Å². The summed E-state index contributed by atoms with van der Waals surface area (Å²) in [5.41, 5.74) is 6.43. The molecule has 1 amide bonds. The Balaban J connectivity index is 1.77. The van der Waals surface area contributed by atoms with Gasteiger partial charge in [0.1, 0.15) is 0 Å². The Morgan fingerprint density at radius 1 is 1.12 bits per heavy atom. The van der Waals surface area contributed by atoms with Crippen LogP contribution in [0.15, 0.2) is 53.6 Å². The standard InChI is InChI=1S/C19H16Cl2N4O/c1-12-16(13(2)25(24-12)15-6-4-3-5-7-15)11-22-23-19(26)14-8-9-17(20)18(21)10-14/h3-11H,1-2H3,(H,23,26)/b22-11+. The van der Waals surface area contributed by atoms with Crippen LogP contribution < -0.4 is 5.43 Å². The molecule has 0 bridgehead atoms. The smallest absolute Gasteiger partial charge is 0.267 e. The second-order valence-electron chi connectivity index (χ2n) is 5.66. The molecule has 0 aliphatic carbocycles. The third kappa shape index (κ3) is 3.79. The lowest BCUT2D eigenvalue weighted by Crippen LogP contribution is -2.17. The molecule has 0 atom stereocenters. The van der Waals surface area contributed by atoms with Gasteiger partial charge < -0.3 is 0 Å². The number of aryl methyl sites for hydroxylation is 1. The molecule has 7 heteroatoms. The van der Waals surface area contributed by atoms with E-state index in [1.807, 2.05) is 48.9 Å². The molecule has 1 N–H and O–H groups in total. The highest BCUT2D eigenvalue weighted by molar-refractivity contribution is 6.42. The second kappa shape index (κ2) is 7.72. The van der Waals surface area contributed by atoms with Gasteiger partial charge in [-0.2, -0.15) is 10.2 Å². The first kappa shape index (κ1) is 18.2. The van der Waals surface area contributed by atoms with E-state index in [4.69, 9.17) is 23.2 Å².